The molecule has 106 valence electrons. The summed E-state index contributed by atoms with van der Waals surface area (Å²) in [6.07, 6.45) is 0. The summed E-state index contributed by atoms with van der Waals surface area (Å²) >= 11 is 0. The Morgan fingerprint density at radius 1 is 1.32 bits per heavy atom. The number of halogens is 1. The van der Waals surface area contributed by atoms with Crippen LogP contribution in [0.15, 0.2) is 23.1 Å². The van der Waals surface area contributed by atoms with Crippen LogP contribution in [-0.2, 0) is 18.6 Å². The maximum atomic E-state index is 11.2. The Hall–Kier alpha value is -1.47. The highest BCUT2D eigenvalue weighted by molar-refractivity contribution is 8.13. The molecule has 0 aliphatic rings. The maximum Gasteiger partial charge on any atom is 0.344 e. The van der Waals surface area contributed by atoms with Crippen molar-refractivity contribution in [3.63, 3.8) is 0 Å². The van der Waals surface area contributed by atoms with Crippen LogP contribution in [0.25, 0.3) is 0 Å². The topological polar surface area (TPSA) is 78.9 Å². The van der Waals surface area contributed by atoms with Gasteiger partial charge in [0.05, 0.1) is 18.6 Å². The summed E-state index contributed by atoms with van der Waals surface area (Å²) < 4.78 is 37.2. The van der Waals surface area contributed by atoms with E-state index in [1.54, 1.807) is 6.92 Å². The minimum atomic E-state index is -3.88. The Kier molecular flexibility index (Phi) is 5.44. The molecular formula is C11H13ClO6S. The van der Waals surface area contributed by atoms with E-state index < -0.39 is 15.0 Å². The molecule has 1 aromatic carbocycles. The van der Waals surface area contributed by atoms with Gasteiger partial charge in [0.1, 0.15) is 0 Å². The van der Waals surface area contributed by atoms with Crippen molar-refractivity contribution in [2.24, 2.45) is 0 Å². The second-order valence-electron chi connectivity index (χ2n) is 3.34. The van der Waals surface area contributed by atoms with Gasteiger partial charge in [-0.05, 0) is 19.1 Å². The first-order valence-corrected chi connectivity index (χ1v) is 7.60. The van der Waals surface area contributed by atoms with Crippen molar-refractivity contribution < 1.29 is 27.4 Å². The molecule has 0 fully saturated rings. The third-order valence-corrected chi connectivity index (χ3v) is 3.42. The molecule has 0 N–H and O–H groups in total. The fraction of sp³-hybridized carbons (Fsp3) is 0.364. The number of carbonyl (C=O) groups excluding carboxylic acids is 1. The molecule has 6 nitrogen and oxygen atoms in total. The van der Waals surface area contributed by atoms with Crippen molar-refractivity contribution >= 4 is 25.7 Å². The fourth-order valence-corrected chi connectivity index (χ4v) is 2.03. The summed E-state index contributed by atoms with van der Waals surface area (Å²) in [6, 6.07) is 3.84. The van der Waals surface area contributed by atoms with Gasteiger partial charge in [-0.2, -0.15) is 0 Å². The van der Waals surface area contributed by atoms with Gasteiger partial charge in [0.2, 0.25) is 0 Å². The Balaban J connectivity index is 2.94. The van der Waals surface area contributed by atoms with Crippen LogP contribution >= 0.6 is 10.7 Å². The second kappa shape index (κ2) is 6.63. The van der Waals surface area contributed by atoms with E-state index in [1.165, 1.54) is 25.3 Å². The molecule has 19 heavy (non-hydrogen) atoms. The zero-order valence-electron chi connectivity index (χ0n) is 10.4. The summed E-state index contributed by atoms with van der Waals surface area (Å²) in [5, 5.41) is 0. The summed E-state index contributed by atoms with van der Waals surface area (Å²) in [5.41, 5.74) is 0. The highest BCUT2D eigenvalue weighted by atomic mass is 35.7. The van der Waals surface area contributed by atoms with Gasteiger partial charge >= 0.3 is 5.97 Å². The van der Waals surface area contributed by atoms with E-state index in [1.807, 2.05) is 0 Å². The lowest BCUT2D eigenvalue weighted by molar-refractivity contribution is -0.145. The third-order valence-electron chi connectivity index (χ3n) is 2.07. The van der Waals surface area contributed by atoms with Crippen molar-refractivity contribution in [1.29, 1.82) is 0 Å². The first-order chi connectivity index (χ1) is 8.88. The molecule has 0 amide bonds. The highest BCUT2D eigenvalue weighted by Gasteiger charge is 2.15. The predicted molar refractivity (Wildman–Crippen MR) is 68.2 cm³/mol. The zero-order valence-corrected chi connectivity index (χ0v) is 12.0. The zero-order chi connectivity index (χ0) is 14.5. The van der Waals surface area contributed by atoms with Crippen molar-refractivity contribution in [3.8, 4) is 11.5 Å². The van der Waals surface area contributed by atoms with Crippen molar-refractivity contribution in [2.75, 3.05) is 20.3 Å². The molecule has 0 atom stereocenters. The van der Waals surface area contributed by atoms with Gasteiger partial charge < -0.3 is 14.2 Å². The standard InChI is InChI=1S/C11H13ClO6S/c1-3-17-11(13)7-18-10-6-8(19(12,14)15)4-5-9(10)16-2/h4-6H,3,7H2,1-2H3. The summed E-state index contributed by atoms with van der Waals surface area (Å²) in [6.45, 7) is 1.55. The number of methoxy groups -OCH3 is 1. The van der Waals surface area contributed by atoms with Crippen molar-refractivity contribution in [1.82, 2.24) is 0 Å². The quantitative estimate of drug-likeness (QED) is 0.586. The molecule has 8 heteroatoms. The Morgan fingerprint density at radius 2 is 2.00 bits per heavy atom. The molecular weight excluding hydrogens is 296 g/mol. The van der Waals surface area contributed by atoms with Crippen LogP contribution in [0.4, 0.5) is 0 Å². The van der Waals surface area contributed by atoms with E-state index in [2.05, 4.69) is 4.74 Å². The molecule has 0 heterocycles. The molecule has 0 unspecified atom stereocenters. The Labute approximate surface area is 115 Å². The number of hydrogen-bond acceptors (Lipinski definition) is 6. The number of hydrogen-bond donors (Lipinski definition) is 0. The number of rotatable bonds is 6. The lowest BCUT2D eigenvalue weighted by atomic mass is 10.3. The van der Waals surface area contributed by atoms with Crippen molar-refractivity contribution in [2.45, 2.75) is 11.8 Å². The van der Waals surface area contributed by atoms with Gasteiger partial charge in [-0.1, -0.05) is 0 Å². The molecule has 0 saturated heterocycles. The summed E-state index contributed by atoms with van der Waals surface area (Å²) in [5.74, 6) is -0.186. The smallest absolute Gasteiger partial charge is 0.344 e. The second-order valence-corrected chi connectivity index (χ2v) is 5.91. The van der Waals surface area contributed by atoms with Crippen LogP contribution in [-0.4, -0.2) is 34.7 Å². The van der Waals surface area contributed by atoms with Gasteiger partial charge in [0.15, 0.2) is 18.1 Å². The van der Waals surface area contributed by atoms with E-state index in [0.29, 0.717) is 0 Å². The molecule has 0 radical (unpaired) electrons. The SMILES string of the molecule is CCOC(=O)COc1cc(S(=O)(=O)Cl)ccc1OC. The van der Waals surface area contributed by atoms with Gasteiger partial charge in [-0.3, -0.25) is 0 Å². The van der Waals surface area contributed by atoms with Crippen LogP contribution in [0.5, 0.6) is 11.5 Å². The minimum absolute atomic E-state index is 0.0947. The van der Waals surface area contributed by atoms with Gasteiger partial charge in [-0.25, -0.2) is 13.2 Å². The molecule has 0 saturated carbocycles. The van der Waals surface area contributed by atoms with E-state index in [0.717, 1.165) is 0 Å². The monoisotopic (exact) mass is 308 g/mol. The van der Waals surface area contributed by atoms with Crippen LogP contribution in [0, 0.1) is 0 Å². The molecule has 0 aliphatic heterocycles. The molecule has 0 spiro atoms. The number of benzene rings is 1. The highest BCUT2D eigenvalue weighted by Crippen LogP contribution is 2.30. The van der Waals surface area contributed by atoms with E-state index in [4.69, 9.17) is 20.2 Å². The third kappa shape index (κ3) is 4.60. The minimum Gasteiger partial charge on any atom is -0.493 e. The van der Waals surface area contributed by atoms with Crippen LogP contribution < -0.4 is 9.47 Å². The lowest BCUT2D eigenvalue weighted by Gasteiger charge is -2.10. The van der Waals surface area contributed by atoms with Crippen LogP contribution in [0.3, 0.4) is 0 Å². The van der Waals surface area contributed by atoms with E-state index >= 15 is 0 Å². The summed E-state index contributed by atoms with van der Waals surface area (Å²) in [7, 11) is 2.73. The van der Waals surface area contributed by atoms with E-state index in [9.17, 15) is 13.2 Å². The molecule has 1 aromatic rings. The number of esters is 1. The molecule has 0 bridgehead atoms. The van der Waals surface area contributed by atoms with Gasteiger partial charge in [0.25, 0.3) is 9.05 Å². The van der Waals surface area contributed by atoms with Gasteiger partial charge in [-0.15, -0.1) is 0 Å². The first-order valence-electron chi connectivity index (χ1n) is 5.29. The fourth-order valence-electron chi connectivity index (χ4n) is 1.26. The Bertz CT molecular complexity index is 554. The van der Waals surface area contributed by atoms with E-state index in [-0.39, 0.29) is 29.6 Å². The van der Waals surface area contributed by atoms with Crippen LogP contribution in [0.2, 0.25) is 0 Å². The average molecular weight is 309 g/mol. The number of carbonyl (C=O) groups is 1. The molecule has 1 rings (SSSR count). The van der Waals surface area contributed by atoms with Crippen molar-refractivity contribution in [3.05, 3.63) is 18.2 Å². The summed E-state index contributed by atoms with van der Waals surface area (Å²) in [4.78, 5) is 11.0. The average Bonchev–Trinajstić information content (AvgIpc) is 2.35. The lowest BCUT2D eigenvalue weighted by Crippen LogP contribution is -2.15. The number of ether oxygens (including phenoxy) is 3. The van der Waals surface area contributed by atoms with Gasteiger partial charge in [0, 0.05) is 16.7 Å². The predicted octanol–water partition coefficient (Wildman–Crippen LogP) is 1.56. The molecule has 0 aliphatic carbocycles. The van der Waals surface area contributed by atoms with Crippen LogP contribution in [0.1, 0.15) is 6.92 Å². The first kappa shape index (κ1) is 15.6. The largest absolute Gasteiger partial charge is 0.493 e. The normalized spacial score (nSPS) is 10.9. The molecule has 0 aromatic heterocycles. The Morgan fingerprint density at radius 3 is 2.53 bits per heavy atom. The maximum absolute atomic E-state index is 11.2.